The number of esters is 2. The maximum absolute atomic E-state index is 15.1. The fraction of sp³-hybridized carbons (Fsp3) is 0.148. The van der Waals surface area contributed by atoms with Gasteiger partial charge >= 0.3 is 11.9 Å². The first-order chi connectivity index (χ1) is 38.6. The summed E-state index contributed by atoms with van der Waals surface area (Å²) in [6, 6.07) is 57.1. The van der Waals surface area contributed by atoms with E-state index in [1.807, 2.05) is 127 Å². The standard InChI is InChI=1S/C61H50ClN5O10S2/c1-74-46-30-27-38(28-31-46)35-75-58(72)52-42(34-62)36-78-57-51(56(71)67(52)57)64-55(70)50(47-37-79-60(63-47)65-61(43-21-11-4-12-22-43,44-23-13-5-14-24-44)45-25-15-6-16-26-45)66-77-54(41-29-32-48(68)49(69)33-41)59(73)76-53(39-17-7-2-8-18-39)40-19-9-3-10-20-40/h2-33,37,51,53-54,57,68-69H,34-36H2,1H3,(H,63,65)(H,64,70)/b66-50+/t51?,54-,57-/m1/s1. The van der Waals surface area contributed by atoms with Crippen LogP contribution in [0.1, 0.15) is 56.8 Å². The molecule has 0 spiro atoms. The number of aromatic nitrogens is 1. The normalized spacial score (nSPS) is 15.6. The van der Waals surface area contributed by atoms with Crippen molar-refractivity contribution in [1.29, 1.82) is 0 Å². The average molecular weight is 1110 g/mol. The molecule has 8 aromatic rings. The van der Waals surface area contributed by atoms with E-state index in [0.717, 1.165) is 22.8 Å². The molecule has 1 saturated heterocycles. The molecule has 0 radical (unpaired) electrons. The van der Waals surface area contributed by atoms with Crippen molar-refractivity contribution in [2.24, 2.45) is 5.16 Å². The zero-order valence-corrected chi connectivity index (χ0v) is 44.6. The number of benzene rings is 7. The molecule has 2 aliphatic rings. The van der Waals surface area contributed by atoms with Crippen molar-refractivity contribution < 1.29 is 48.4 Å². The lowest BCUT2D eigenvalue weighted by Gasteiger charge is -2.49. The zero-order valence-electron chi connectivity index (χ0n) is 42.2. The third-order valence-corrected chi connectivity index (χ3v) is 15.7. The number of oxime groups is 1. The van der Waals surface area contributed by atoms with E-state index in [1.54, 1.807) is 61.0 Å². The number of methoxy groups -OCH3 is 1. The van der Waals surface area contributed by atoms with Crippen molar-refractivity contribution in [1.82, 2.24) is 15.2 Å². The van der Waals surface area contributed by atoms with Gasteiger partial charge in [-0.1, -0.05) is 175 Å². The Morgan fingerprint density at radius 3 is 1.87 bits per heavy atom. The van der Waals surface area contributed by atoms with E-state index in [4.69, 9.17) is 35.6 Å². The van der Waals surface area contributed by atoms with E-state index in [9.17, 15) is 24.6 Å². The quantitative estimate of drug-likeness (QED) is 0.0107. The number of rotatable bonds is 20. The van der Waals surface area contributed by atoms with Crippen LogP contribution >= 0.6 is 34.7 Å². The third-order valence-electron chi connectivity index (χ3n) is 13.3. The van der Waals surface area contributed by atoms with Gasteiger partial charge in [0, 0.05) is 22.6 Å². The molecule has 7 aromatic carbocycles. The van der Waals surface area contributed by atoms with E-state index >= 15 is 4.79 Å². The number of halogens is 1. The summed E-state index contributed by atoms with van der Waals surface area (Å²) in [4.78, 5) is 70.3. The van der Waals surface area contributed by atoms with E-state index in [0.29, 0.717) is 33.1 Å². The molecular formula is C61H50ClN5O10S2. The van der Waals surface area contributed by atoms with Crippen LogP contribution in [-0.2, 0) is 45.6 Å². The van der Waals surface area contributed by atoms with Gasteiger partial charge in [0.25, 0.3) is 11.8 Å². The number of hydrogen-bond acceptors (Lipinski definition) is 15. The van der Waals surface area contributed by atoms with E-state index in [1.165, 1.54) is 40.1 Å². The van der Waals surface area contributed by atoms with Crippen LogP contribution < -0.4 is 15.4 Å². The number of phenols is 2. The van der Waals surface area contributed by atoms with Crippen LogP contribution in [0.3, 0.4) is 0 Å². The van der Waals surface area contributed by atoms with E-state index < -0.39 is 70.1 Å². The maximum atomic E-state index is 15.1. The summed E-state index contributed by atoms with van der Waals surface area (Å²) >= 11 is 8.84. The van der Waals surface area contributed by atoms with Crippen molar-refractivity contribution in [2.45, 2.75) is 35.8 Å². The highest BCUT2D eigenvalue weighted by atomic mass is 35.5. The largest absolute Gasteiger partial charge is 0.504 e. The minimum atomic E-state index is -1.76. The van der Waals surface area contributed by atoms with Crippen LogP contribution in [-0.4, -0.2) is 79.7 Å². The number of nitrogens with zero attached hydrogens (tertiary/aromatic N) is 3. The van der Waals surface area contributed by atoms with Gasteiger partial charge in [-0.25, -0.2) is 14.6 Å². The van der Waals surface area contributed by atoms with Gasteiger partial charge in [-0.3, -0.25) is 14.5 Å². The van der Waals surface area contributed by atoms with Crippen LogP contribution in [0.5, 0.6) is 17.2 Å². The average Bonchev–Trinajstić information content (AvgIpc) is 4.06. The Labute approximate surface area is 468 Å². The molecule has 10 rings (SSSR count). The lowest BCUT2D eigenvalue weighted by Crippen LogP contribution is -2.71. The lowest BCUT2D eigenvalue weighted by atomic mass is 9.77. The third kappa shape index (κ3) is 11.4. The fourth-order valence-corrected chi connectivity index (χ4v) is 11.7. The minimum absolute atomic E-state index is 0.00301. The maximum Gasteiger partial charge on any atom is 0.355 e. The zero-order chi connectivity index (χ0) is 54.9. The number of aromatic hydroxyl groups is 2. The summed E-state index contributed by atoms with van der Waals surface area (Å²) in [5.74, 6) is -3.46. The van der Waals surface area contributed by atoms with Crippen LogP contribution in [0, 0.1) is 0 Å². The lowest BCUT2D eigenvalue weighted by molar-refractivity contribution is -0.162. The van der Waals surface area contributed by atoms with Gasteiger partial charge in [0.2, 0.25) is 6.10 Å². The predicted molar refractivity (Wildman–Crippen MR) is 301 cm³/mol. The first-order valence-corrected chi connectivity index (χ1v) is 27.3. The molecule has 3 atom stereocenters. The molecule has 79 heavy (non-hydrogen) atoms. The van der Waals surface area contributed by atoms with Gasteiger partial charge in [0.15, 0.2) is 28.4 Å². The summed E-state index contributed by atoms with van der Waals surface area (Å²) in [7, 11) is 1.55. The highest BCUT2D eigenvalue weighted by molar-refractivity contribution is 8.00. The minimum Gasteiger partial charge on any atom is -0.504 e. The summed E-state index contributed by atoms with van der Waals surface area (Å²) < 4.78 is 17.2. The van der Waals surface area contributed by atoms with Gasteiger partial charge in [0.05, 0.1) is 7.11 Å². The second-order valence-corrected chi connectivity index (χ2v) is 20.4. The number of nitrogens with one attached hydrogen (secondary N) is 2. The predicted octanol–water partition coefficient (Wildman–Crippen LogP) is 10.4. The van der Waals surface area contributed by atoms with Gasteiger partial charge < -0.3 is 39.9 Å². The molecule has 18 heteroatoms. The topological polar surface area (TPSA) is 198 Å². The van der Waals surface area contributed by atoms with E-state index in [-0.39, 0.29) is 35.2 Å². The molecule has 2 aliphatic heterocycles. The Kier molecular flexibility index (Phi) is 16.4. The highest BCUT2D eigenvalue weighted by Gasteiger charge is 2.55. The second kappa shape index (κ2) is 24.2. The van der Waals surface area contributed by atoms with Crippen molar-refractivity contribution in [3.05, 3.63) is 255 Å². The van der Waals surface area contributed by atoms with Crippen LogP contribution in [0.2, 0.25) is 0 Å². The van der Waals surface area contributed by atoms with Crippen molar-refractivity contribution in [3.63, 3.8) is 0 Å². The Hall–Kier alpha value is -8.90. The fourth-order valence-electron chi connectivity index (χ4n) is 9.32. The molecule has 398 valence electrons. The molecule has 0 saturated carbocycles. The van der Waals surface area contributed by atoms with Gasteiger partial charge in [-0.05, 0) is 63.2 Å². The summed E-state index contributed by atoms with van der Waals surface area (Å²) in [6.07, 6.45) is -2.70. The summed E-state index contributed by atoms with van der Waals surface area (Å²) in [5, 5.41) is 33.2. The molecule has 15 nitrogen and oxygen atoms in total. The van der Waals surface area contributed by atoms with Crippen LogP contribution in [0.25, 0.3) is 0 Å². The van der Waals surface area contributed by atoms with Gasteiger partial charge in [-0.2, -0.15) is 0 Å². The molecule has 1 aromatic heterocycles. The summed E-state index contributed by atoms with van der Waals surface area (Å²) in [5.41, 5.74) is 3.64. The number of ether oxygens (including phenoxy) is 3. The molecule has 0 aliphatic carbocycles. The van der Waals surface area contributed by atoms with Gasteiger partial charge in [-0.15, -0.1) is 34.7 Å². The highest BCUT2D eigenvalue weighted by Crippen LogP contribution is 2.43. The molecule has 0 bridgehead atoms. The molecule has 1 fully saturated rings. The number of β-lactam (4-membered cyclic amide) rings is 1. The monoisotopic (exact) mass is 1110 g/mol. The number of amides is 2. The van der Waals surface area contributed by atoms with Crippen LogP contribution in [0.15, 0.2) is 216 Å². The molecule has 3 heterocycles. The van der Waals surface area contributed by atoms with E-state index in [2.05, 4.69) is 15.8 Å². The second-order valence-electron chi connectivity index (χ2n) is 18.2. The molecule has 2 amide bonds. The number of anilines is 1. The molecule has 1 unspecified atom stereocenters. The van der Waals surface area contributed by atoms with Crippen molar-refractivity contribution in [2.75, 3.05) is 24.1 Å². The Bertz CT molecular complexity index is 3380. The number of carbonyl (C=O) groups excluding carboxylic acids is 4. The first kappa shape index (κ1) is 53.5. The molecule has 4 N–H and O–H groups in total. The number of thiazole rings is 1. The van der Waals surface area contributed by atoms with Gasteiger partial charge in [0.1, 0.15) is 40.7 Å². The Balaban J connectivity index is 1.01. The number of carbonyl (C=O) groups is 4. The smallest absolute Gasteiger partial charge is 0.355 e. The number of alkyl halides is 1. The number of phenolic OH excluding ortho intramolecular Hbond substituents is 2. The SMILES string of the molecule is COc1ccc(COC(=O)C2=C(CCl)CS[C@@H]3C(NC(=O)/C(=N/O[C@@H](C(=O)OC(c4ccccc4)c4ccccc4)c4ccc(O)c(O)c4)c4csc(NC(c5ccccc5)(c5ccccc5)c5ccccc5)n4)C(=O)N23)cc1. The number of thioether (sulfide) groups is 1. The first-order valence-electron chi connectivity index (χ1n) is 24.9. The number of hydrogen-bond donors (Lipinski definition) is 4. The Morgan fingerprint density at radius 2 is 1.33 bits per heavy atom. The Morgan fingerprint density at radius 1 is 0.759 bits per heavy atom. The number of fused-ring (bicyclic) bond motifs is 1. The van der Waals surface area contributed by atoms with Crippen molar-refractivity contribution in [3.8, 4) is 17.2 Å². The van der Waals surface area contributed by atoms with Crippen molar-refractivity contribution >= 4 is 69.3 Å². The van der Waals surface area contributed by atoms with Crippen LogP contribution in [0.4, 0.5) is 5.13 Å². The molecular weight excluding hydrogens is 1060 g/mol. The summed E-state index contributed by atoms with van der Waals surface area (Å²) in [6.45, 7) is -0.0904.